The molecule has 6 nitrogen and oxygen atoms in total. The fourth-order valence-corrected chi connectivity index (χ4v) is 4.39. The highest BCUT2D eigenvalue weighted by atomic mass is 32.2. The SMILES string of the molecule is O=C(CSc1nnc(-c2ccccc2)n1C[C@H]1CCCO1)N1CCCC1. The standard InChI is InChI=1S/C19H24N4O2S/c24-17(22-10-4-5-11-22)14-26-19-21-20-18(15-7-2-1-3-8-15)23(19)13-16-9-6-12-25-16/h1-3,7-8,16H,4-6,9-14H2/t16-/m1/s1. The third-order valence-corrected chi connectivity index (χ3v) is 5.89. The van der Waals surface area contributed by atoms with Gasteiger partial charge in [-0.05, 0) is 25.7 Å². The number of benzene rings is 1. The molecule has 0 spiro atoms. The third-order valence-electron chi connectivity index (χ3n) is 4.94. The molecule has 3 heterocycles. The predicted octanol–water partition coefficient (Wildman–Crippen LogP) is 2.84. The number of ether oxygens (including phenoxy) is 1. The number of amides is 1. The van der Waals surface area contributed by atoms with E-state index >= 15 is 0 Å². The van der Waals surface area contributed by atoms with Crippen molar-refractivity contribution < 1.29 is 9.53 Å². The van der Waals surface area contributed by atoms with Gasteiger partial charge in [0.1, 0.15) is 0 Å². The predicted molar refractivity (Wildman–Crippen MR) is 101 cm³/mol. The summed E-state index contributed by atoms with van der Waals surface area (Å²) >= 11 is 1.48. The highest BCUT2D eigenvalue weighted by Gasteiger charge is 2.23. The van der Waals surface area contributed by atoms with E-state index in [4.69, 9.17) is 4.74 Å². The number of hydrogen-bond donors (Lipinski definition) is 0. The molecule has 0 unspecified atom stereocenters. The van der Waals surface area contributed by atoms with Gasteiger partial charge in [0.05, 0.1) is 18.4 Å². The molecule has 0 bridgehead atoms. The van der Waals surface area contributed by atoms with Gasteiger partial charge in [0, 0.05) is 25.3 Å². The first kappa shape index (κ1) is 17.5. The Morgan fingerprint density at radius 2 is 1.96 bits per heavy atom. The minimum Gasteiger partial charge on any atom is -0.376 e. The van der Waals surface area contributed by atoms with Crippen LogP contribution in [0.2, 0.25) is 0 Å². The van der Waals surface area contributed by atoms with Crippen molar-refractivity contribution >= 4 is 17.7 Å². The van der Waals surface area contributed by atoms with E-state index in [0.717, 1.165) is 68.5 Å². The minimum atomic E-state index is 0.195. The highest BCUT2D eigenvalue weighted by molar-refractivity contribution is 7.99. The van der Waals surface area contributed by atoms with E-state index in [-0.39, 0.29) is 12.0 Å². The number of likely N-dealkylation sites (tertiary alicyclic amines) is 1. The van der Waals surface area contributed by atoms with Gasteiger partial charge in [-0.2, -0.15) is 0 Å². The quantitative estimate of drug-likeness (QED) is 0.730. The van der Waals surface area contributed by atoms with Crippen LogP contribution in [0.4, 0.5) is 0 Å². The van der Waals surface area contributed by atoms with Gasteiger partial charge in [-0.3, -0.25) is 9.36 Å². The zero-order valence-electron chi connectivity index (χ0n) is 14.8. The van der Waals surface area contributed by atoms with Gasteiger partial charge in [0.2, 0.25) is 5.91 Å². The normalized spacial score (nSPS) is 20.0. The Kier molecular flexibility index (Phi) is 5.55. The largest absolute Gasteiger partial charge is 0.376 e. The average Bonchev–Trinajstić information content (AvgIpc) is 3.43. The molecule has 1 aromatic heterocycles. The Bertz CT molecular complexity index is 737. The van der Waals surface area contributed by atoms with Crippen LogP contribution >= 0.6 is 11.8 Å². The summed E-state index contributed by atoms with van der Waals surface area (Å²) in [4.78, 5) is 14.3. The molecular formula is C19H24N4O2S. The lowest BCUT2D eigenvalue weighted by Crippen LogP contribution is -2.29. The summed E-state index contributed by atoms with van der Waals surface area (Å²) in [6.07, 6.45) is 4.59. The van der Waals surface area contributed by atoms with Crippen molar-refractivity contribution in [2.24, 2.45) is 0 Å². The second-order valence-electron chi connectivity index (χ2n) is 6.79. The van der Waals surface area contributed by atoms with E-state index in [0.29, 0.717) is 5.75 Å². The molecule has 2 aromatic rings. The molecule has 2 fully saturated rings. The van der Waals surface area contributed by atoms with E-state index in [2.05, 4.69) is 14.8 Å². The number of thioether (sulfide) groups is 1. The molecule has 26 heavy (non-hydrogen) atoms. The maximum Gasteiger partial charge on any atom is 0.233 e. The van der Waals surface area contributed by atoms with Crippen LogP contribution in [0.5, 0.6) is 0 Å². The Morgan fingerprint density at radius 1 is 1.15 bits per heavy atom. The van der Waals surface area contributed by atoms with Crippen LogP contribution in [0.1, 0.15) is 25.7 Å². The van der Waals surface area contributed by atoms with E-state index in [9.17, 15) is 4.79 Å². The molecule has 0 aliphatic carbocycles. The van der Waals surface area contributed by atoms with Crippen LogP contribution in [0.25, 0.3) is 11.4 Å². The van der Waals surface area contributed by atoms with Crippen LogP contribution in [0.15, 0.2) is 35.5 Å². The van der Waals surface area contributed by atoms with Gasteiger partial charge in [-0.15, -0.1) is 10.2 Å². The Labute approximate surface area is 157 Å². The topological polar surface area (TPSA) is 60.3 Å². The smallest absolute Gasteiger partial charge is 0.233 e. The zero-order valence-corrected chi connectivity index (χ0v) is 15.7. The van der Waals surface area contributed by atoms with Gasteiger partial charge in [0.25, 0.3) is 0 Å². The van der Waals surface area contributed by atoms with Gasteiger partial charge in [-0.1, -0.05) is 42.1 Å². The van der Waals surface area contributed by atoms with E-state index in [1.807, 2.05) is 35.2 Å². The van der Waals surface area contributed by atoms with Crippen molar-refractivity contribution in [3.05, 3.63) is 30.3 Å². The van der Waals surface area contributed by atoms with Gasteiger partial charge < -0.3 is 9.64 Å². The molecule has 1 atom stereocenters. The van der Waals surface area contributed by atoms with Crippen molar-refractivity contribution in [3.8, 4) is 11.4 Å². The Morgan fingerprint density at radius 3 is 2.69 bits per heavy atom. The molecule has 138 valence electrons. The summed E-state index contributed by atoms with van der Waals surface area (Å²) in [6.45, 7) is 3.33. The lowest BCUT2D eigenvalue weighted by molar-refractivity contribution is -0.127. The van der Waals surface area contributed by atoms with Crippen molar-refractivity contribution in [3.63, 3.8) is 0 Å². The molecule has 2 aliphatic rings. The second kappa shape index (κ2) is 8.22. The molecule has 0 N–H and O–H groups in total. The number of carbonyl (C=O) groups is 1. The average molecular weight is 372 g/mol. The molecule has 4 rings (SSSR count). The first-order chi connectivity index (χ1) is 12.8. The fourth-order valence-electron chi connectivity index (χ4n) is 3.54. The van der Waals surface area contributed by atoms with E-state index in [1.165, 1.54) is 11.8 Å². The van der Waals surface area contributed by atoms with Crippen LogP contribution in [-0.4, -0.2) is 57.1 Å². The summed E-state index contributed by atoms with van der Waals surface area (Å²) in [7, 11) is 0. The maximum absolute atomic E-state index is 12.4. The molecule has 2 saturated heterocycles. The number of rotatable bonds is 6. The maximum atomic E-state index is 12.4. The monoisotopic (exact) mass is 372 g/mol. The molecule has 1 amide bonds. The van der Waals surface area contributed by atoms with E-state index < -0.39 is 0 Å². The Balaban J connectivity index is 1.53. The van der Waals surface area contributed by atoms with Crippen molar-refractivity contribution in [1.29, 1.82) is 0 Å². The van der Waals surface area contributed by atoms with Crippen LogP contribution in [0.3, 0.4) is 0 Å². The number of aromatic nitrogens is 3. The van der Waals surface area contributed by atoms with Crippen LogP contribution in [0, 0.1) is 0 Å². The molecule has 0 saturated carbocycles. The summed E-state index contributed by atoms with van der Waals surface area (Å²) in [6, 6.07) is 10.1. The summed E-state index contributed by atoms with van der Waals surface area (Å²) in [5.74, 6) is 1.45. The van der Waals surface area contributed by atoms with Crippen molar-refractivity contribution in [1.82, 2.24) is 19.7 Å². The first-order valence-electron chi connectivity index (χ1n) is 9.32. The zero-order chi connectivity index (χ0) is 17.8. The lowest BCUT2D eigenvalue weighted by atomic mass is 10.2. The minimum absolute atomic E-state index is 0.195. The van der Waals surface area contributed by atoms with E-state index in [1.54, 1.807) is 0 Å². The molecule has 0 radical (unpaired) electrons. The molecule has 1 aromatic carbocycles. The number of nitrogens with zero attached hydrogens (tertiary/aromatic N) is 4. The van der Waals surface area contributed by atoms with Crippen molar-refractivity contribution in [2.45, 2.75) is 43.5 Å². The van der Waals surface area contributed by atoms with Crippen LogP contribution < -0.4 is 0 Å². The van der Waals surface area contributed by atoms with Gasteiger partial charge >= 0.3 is 0 Å². The van der Waals surface area contributed by atoms with Gasteiger partial charge in [-0.25, -0.2) is 0 Å². The van der Waals surface area contributed by atoms with Crippen LogP contribution in [-0.2, 0) is 16.1 Å². The highest BCUT2D eigenvalue weighted by Crippen LogP contribution is 2.27. The number of hydrogen-bond acceptors (Lipinski definition) is 5. The second-order valence-corrected chi connectivity index (χ2v) is 7.74. The molecule has 7 heteroatoms. The fraction of sp³-hybridized carbons (Fsp3) is 0.526. The van der Waals surface area contributed by atoms with Gasteiger partial charge in [0.15, 0.2) is 11.0 Å². The summed E-state index contributed by atoms with van der Waals surface area (Å²) in [5, 5.41) is 9.60. The molecule has 2 aliphatic heterocycles. The van der Waals surface area contributed by atoms with Crippen molar-refractivity contribution in [2.75, 3.05) is 25.4 Å². The third kappa shape index (κ3) is 3.94. The number of carbonyl (C=O) groups excluding carboxylic acids is 1. The Hall–Kier alpha value is -1.86. The first-order valence-corrected chi connectivity index (χ1v) is 10.3. The molecular weight excluding hydrogens is 348 g/mol. The summed E-state index contributed by atoms with van der Waals surface area (Å²) in [5.41, 5.74) is 1.04. The lowest BCUT2D eigenvalue weighted by Gasteiger charge is -2.16. The summed E-state index contributed by atoms with van der Waals surface area (Å²) < 4.78 is 7.94.